The van der Waals surface area contributed by atoms with Crippen molar-refractivity contribution in [3.63, 3.8) is 0 Å². The van der Waals surface area contributed by atoms with E-state index in [1.807, 2.05) is 24.3 Å². The molecule has 6 heteroatoms. The van der Waals surface area contributed by atoms with Crippen LogP contribution in [-0.4, -0.2) is 25.8 Å². The fourth-order valence-electron chi connectivity index (χ4n) is 2.27. The number of methoxy groups -OCH3 is 2. The molecule has 1 amide bonds. The normalized spacial score (nSPS) is 14.7. The number of amides is 1. The van der Waals surface area contributed by atoms with Crippen LogP contribution in [0.5, 0.6) is 11.5 Å². The maximum atomic E-state index is 12.1. The summed E-state index contributed by atoms with van der Waals surface area (Å²) < 4.78 is 10.5. The molecule has 0 bridgehead atoms. The summed E-state index contributed by atoms with van der Waals surface area (Å²) in [5.41, 5.74) is 2.30. The van der Waals surface area contributed by atoms with Gasteiger partial charge in [-0.2, -0.15) is 0 Å². The quantitative estimate of drug-likeness (QED) is 0.943. The van der Waals surface area contributed by atoms with Crippen molar-refractivity contribution < 1.29 is 14.3 Å². The van der Waals surface area contributed by atoms with E-state index in [0.29, 0.717) is 27.9 Å². The van der Waals surface area contributed by atoms with Crippen LogP contribution in [0.4, 0.5) is 11.4 Å². The Balaban J connectivity index is 2.14. The first-order chi connectivity index (χ1) is 10.6. The number of nitrogens with zero attached hydrogens (tertiary/aromatic N) is 1. The highest BCUT2D eigenvalue weighted by Crippen LogP contribution is 2.38. The molecular formula is C16H13ClN2O3. The molecule has 2 aromatic carbocycles. The van der Waals surface area contributed by atoms with E-state index in [9.17, 15) is 4.79 Å². The van der Waals surface area contributed by atoms with Crippen molar-refractivity contribution in [2.24, 2.45) is 4.99 Å². The second kappa shape index (κ2) is 5.69. The molecule has 0 saturated carbocycles. The summed E-state index contributed by atoms with van der Waals surface area (Å²) in [6.45, 7) is 0. The van der Waals surface area contributed by atoms with Crippen LogP contribution in [-0.2, 0) is 4.79 Å². The number of para-hydroxylation sites is 1. The Morgan fingerprint density at radius 3 is 2.55 bits per heavy atom. The van der Waals surface area contributed by atoms with Gasteiger partial charge in [0.05, 0.1) is 24.9 Å². The van der Waals surface area contributed by atoms with Crippen LogP contribution in [0, 0.1) is 0 Å². The van der Waals surface area contributed by atoms with E-state index in [2.05, 4.69) is 10.3 Å². The average molecular weight is 317 g/mol. The van der Waals surface area contributed by atoms with E-state index < -0.39 is 0 Å². The van der Waals surface area contributed by atoms with Crippen LogP contribution >= 0.6 is 11.6 Å². The first kappa shape index (κ1) is 14.4. The van der Waals surface area contributed by atoms with Crippen LogP contribution in [0.25, 0.3) is 0 Å². The Kier molecular flexibility index (Phi) is 3.73. The Hall–Kier alpha value is -2.53. The third kappa shape index (κ3) is 2.40. The molecule has 1 aliphatic rings. The number of rotatable bonds is 3. The molecule has 22 heavy (non-hydrogen) atoms. The fraction of sp³-hybridized carbons (Fsp3) is 0.125. The van der Waals surface area contributed by atoms with E-state index in [1.54, 1.807) is 12.1 Å². The highest BCUT2D eigenvalue weighted by atomic mass is 35.5. The molecule has 0 saturated heterocycles. The number of anilines is 1. The first-order valence-corrected chi connectivity index (χ1v) is 6.93. The predicted molar refractivity (Wildman–Crippen MR) is 85.8 cm³/mol. The molecule has 112 valence electrons. The van der Waals surface area contributed by atoms with Gasteiger partial charge in [-0.15, -0.1) is 0 Å². The van der Waals surface area contributed by atoms with Gasteiger partial charge in [0.1, 0.15) is 22.9 Å². The summed E-state index contributed by atoms with van der Waals surface area (Å²) in [6, 6.07) is 10.6. The van der Waals surface area contributed by atoms with Crippen molar-refractivity contribution in [2.45, 2.75) is 0 Å². The lowest BCUT2D eigenvalue weighted by Gasteiger charge is -2.09. The van der Waals surface area contributed by atoms with Crippen molar-refractivity contribution in [1.29, 1.82) is 0 Å². The van der Waals surface area contributed by atoms with E-state index in [-0.39, 0.29) is 5.91 Å². The van der Waals surface area contributed by atoms with Crippen LogP contribution in [0.3, 0.4) is 0 Å². The van der Waals surface area contributed by atoms with Gasteiger partial charge in [0.2, 0.25) is 0 Å². The number of fused-ring (bicyclic) bond motifs is 1. The minimum absolute atomic E-state index is 0.253. The standard InChI is InChI=1S/C16H13ClN2O3/c1-21-13-8-12(14(22-2)7-10(13)17)18-15-9-5-3-4-6-11(9)19-16(15)20/h3-8H,1-2H3,(H,18,19,20). The molecule has 0 spiro atoms. The van der Waals surface area contributed by atoms with Gasteiger partial charge < -0.3 is 14.8 Å². The summed E-state index contributed by atoms with van der Waals surface area (Å²) >= 11 is 6.07. The second-order valence-corrected chi connectivity index (χ2v) is 5.03. The molecule has 0 fully saturated rings. The lowest BCUT2D eigenvalue weighted by molar-refractivity contribution is -0.110. The van der Waals surface area contributed by atoms with Crippen molar-refractivity contribution >= 4 is 34.6 Å². The molecule has 0 unspecified atom stereocenters. The number of benzene rings is 2. The molecule has 2 aromatic rings. The van der Waals surface area contributed by atoms with E-state index in [0.717, 1.165) is 11.3 Å². The lowest BCUT2D eigenvalue weighted by Crippen LogP contribution is -2.14. The molecule has 0 aliphatic carbocycles. The number of halogens is 1. The van der Waals surface area contributed by atoms with Crippen LogP contribution < -0.4 is 14.8 Å². The van der Waals surface area contributed by atoms with Crippen molar-refractivity contribution in [3.05, 3.63) is 47.0 Å². The summed E-state index contributed by atoms with van der Waals surface area (Å²) in [5.74, 6) is 0.682. The van der Waals surface area contributed by atoms with Crippen LogP contribution in [0.1, 0.15) is 5.56 Å². The number of aliphatic imine (C=N–C) groups is 1. The second-order valence-electron chi connectivity index (χ2n) is 4.62. The SMILES string of the molecule is COc1cc(N=C2C(=O)Nc3ccccc32)c(OC)cc1Cl. The molecule has 1 N–H and O–H groups in total. The summed E-state index contributed by atoms with van der Waals surface area (Å²) in [7, 11) is 3.03. The van der Waals surface area contributed by atoms with Crippen molar-refractivity contribution in [2.75, 3.05) is 19.5 Å². The fourth-order valence-corrected chi connectivity index (χ4v) is 2.50. The van der Waals surface area contributed by atoms with Gasteiger partial charge >= 0.3 is 0 Å². The zero-order chi connectivity index (χ0) is 15.7. The van der Waals surface area contributed by atoms with Gasteiger partial charge in [0, 0.05) is 17.7 Å². The van der Waals surface area contributed by atoms with Crippen LogP contribution in [0.2, 0.25) is 5.02 Å². The van der Waals surface area contributed by atoms with Gasteiger partial charge in [-0.05, 0) is 6.07 Å². The van der Waals surface area contributed by atoms with Gasteiger partial charge in [0.25, 0.3) is 5.91 Å². The number of carbonyl (C=O) groups excluding carboxylic acids is 1. The highest BCUT2D eigenvalue weighted by molar-refractivity contribution is 6.54. The van der Waals surface area contributed by atoms with Crippen molar-refractivity contribution in [3.8, 4) is 11.5 Å². The Bertz CT molecular complexity index is 787. The molecule has 0 radical (unpaired) electrons. The Morgan fingerprint density at radius 1 is 1.09 bits per heavy atom. The molecule has 0 atom stereocenters. The average Bonchev–Trinajstić information content (AvgIpc) is 2.84. The zero-order valence-corrected chi connectivity index (χ0v) is 12.8. The molecule has 3 rings (SSSR count). The zero-order valence-electron chi connectivity index (χ0n) is 12.0. The minimum atomic E-state index is -0.253. The third-order valence-corrected chi connectivity index (χ3v) is 3.63. The smallest absolute Gasteiger partial charge is 0.275 e. The third-order valence-electron chi connectivity index (χ3n) is 3.33. The molecule has 5 nitrogen and oxygen atoms in total. The monoisotopic (exact) mass is 316 g/mol. The number of nitrogens with one attached hydrogen (secondary N) is 1. The highest BCUT2D eigenvalue weighted by Gasteiger charge is 2.26. The van der Waals surface area contributed by atoms with Gasteiger partial charge in [-0.25, -0.2) is 4.99 Å². The lowest BCUT2D eigenvalue weighted by atomic mass is 10.1. The number of hydrogen-bond acceptors (Lipinski definition) is 4. The van der Waals surface area contributed by atoms with Gasteiger partial charge in [-0.3, -0.25) is 4.79 Å². The topological polar surface area (TPSA) is 59.9 Å². The van der Waals surface area contributed by atoms with Gasteiger partial charge in [-0.1, -0.05) is 29.8 Å². The van der Waals surface area contributed by atoms with Crippen molar-refractivity contribution in [1.82, 2.24) is 0 Å². The Labute approximate surface area is 132 Å². The Morgan fingerprint density at radius 2 is 1.82 bits per heavy atom. The summed E-state index contributed by atoms with van der Waals surface area (Å²) in [5, 5.41) is 3.19. The summed E-state index contributed by atoms with van der Waals surface area (Å²) in [4.78, 5) is 16.6. The largest absolute Gasteiger partial charge is 0.495 e. The molecular weight excluding hydrogens is 304 g/mol. The number of carbonyl (C=O) groups is 1. The maximum Gasteiger partial charge on any atom is 0.275 e. The van der Waals surface area contributed by atoms with E-state index in [4.69, 9.17) is 21.1 Å². The van der Waals surface area contributed by atoms with E-state index >= 15 is 0 Å². The predicted octanol–water partition coefficient (Wildman–Crippen LogP) is 3.43. The maximum absolute atomic E-state index is 12.1. The molecule has 1 heterocycles. The van der Waals surface area contributed by atoms with Crippen LogP contribution in [0.15, 0.2) is 41.4 Å². The summed E-state index contributed by atoms with van der Waals surface area (Å²) in [6.07, 6.45) is 0. The minimum Gasteiger partial charge on any atom is -0.495 e. The number of hydrogen-bond donors (Lipinski definition) is 1. The molecule has 0 aromatic heterocycles. The van der Waals surface area contributed by atoms with E-state index in [1.165, 1.54) is 14.2 Å². The first-order valence-electron chi connectivity index (χ1n) is 6.55. The van der Waals surface area contributed by atoms with Gasteiger partial charge in [0.15, 0.2) is 0 Å². The molecule has 1 aliphatic heterocycles. The number of ether oxygens (including phenoxy) is 2.